The van der Waals surface area contributed by atoms with Crippen LogP contribution in [0.4, 0.5) is 0 Å². The van der Waals surface area contributed by atoms with E-state index in [1.165, 1.54) is 5.56 Å². The smallest absolute Gasteiger partial charge is 0.248 e. The van der Waals surface area contributed by atoms with Crippen LogP contribution in [0.3, 0.4) is 0 Å². The molecule has 0 bridgehead atoms. The molecular formula is C18H26N2O3. The first-order chi connectivity index (χ1) is 11.1. The Labute approximate surface area is 138 Å². The number of carbonyl (C=O) groups excluding carboxylic acids is 1. The lowest BCUT2D eigenvalue weighted by atomic mass is 9.91. The summed E-state index contributed by atoms with van der Waals surface area (Å²) in [7, 11) is 3.64. The molecule has 2 heterocycles. The van der Waals surface area contributed by atoms with Gasteiger partial charge in [-0.1, -0.05) is 18.2 Å². The van der Waals surface area contributed by atoms with Crippen LogP contribution in [0.15, 0.2) is 18.2 Å². The number of piperidine rings is 1. The SMILES string of the molecule is COc1c(C)cccc1CN1CC[C@H]2COCC(=O)N(C)[C@H]2C1. The van der Waals surface area contributed by atoms with Crippen molar-refractivity contribution in [1.29, 1.82) is 0 Å². The minimum Gasteiger partial charge on any atom is -0.496 e. The molecule has 5 nitrogen and oxygen atoms in total. The number of hydrogen-bond acceptors (Lipinski definition) is 4. The molecule has 1 amide bonds. The number of methoxy groups -OCH3 is 1. The second-order valence-electron chi connectivity index (χ2n) is 6.64. The zero-order valence-electron chi connectivity index (χ0n) is 14.2. The molecule has 0 aromatic heterocycles. The number of nitrogens with zero attached hydrogens (tertiary/aromatic N) is 2. The van der Waals surface area contributed by atoms with Gasteiger partial charge in [-0.3, -0.25) is 9.69 Å². The van der Waals surface area contributed by atoms with Gasteiger partial charge in [-0.25, -0.2) is 0 Å². The summed E-state index contributed by atoms with van der Waals surface area (Å²) >= 11 is 0. The molecule has 2 aliphatic rings. The van der Waals surface area contributed by atoms with E-state index in [0.717, 1.165) is 37.4 Å². The summed E-state index contributed by atoms with van der Waals surface area (Å²) in [6, 6.07) is 6.52. The highest BCUT2D eigenvalue weighted by Crippen LogP contribution is 2.29. The summed E-state index contributed by atoms with van der Waals surface area (Å²) in [5.41, 5.74) is 2.37. The number of likely N-dealkylation sites (N-methyl/N-ethyl adjacent to an activating group) is 1. The Balaban J connectivity index is 1.73. The van der Waals surface area contributed by atoms with Gasteiger partial charge in [0.1, 0.15) is 12.4 Å². The normalized spacial score (nSPS) is 25.9. The quantitative estimate of drug-likeness (QED) is 0.850. The highest BCUT2D eigenvalue weighted by Gasteiger charge is 2.36. The number of ether oxygens (including phenoxy) is 2. The number of carbonyl (C=O) groups is 1. The lowest BCUT2D eigenvalue weighted by molar-refractivity contribution is -0.134. The maximum atomic E-state index is 12.0. The number of para-hydroxylation sites is 1. The van der Waals surface area contributed by atoms with Crippen molar-refractivity contribution in [2.75, 3.05) is 40.5 Å². The number of hydrogen-bond donors (Lipinski definition) is 0. The van der Waals surface area contributed by atoms with Gasteiger partial charge in [0.15, 0.2) is 0 Å². The largest absolute Gasteiger partial charge is 0.496 e. The molecule has 23 heavy (non-hydrogen) atoms. The maximum Gasteiger partial charge on any atom is 0.248 e. The summed E-state index contributed by atoms with van der Waals surface area (Å²) in [6.45, 7) is 5.77. The van der Waals surface area contributed by atoms with Gasteiger partial charge in [-0.2, -0.15) is 0 Å². The molecule has 5 heteroatoms. The molecule has 0 aliphatic carbocycles. The van der Waals surface area contributed by atoms with Crippen molar-refractivity contribution in [3.8, 4) is 5.75 Å². The van der Waals surface area contributed by atoms with E-state index in [4.69, 9.17) is 9.47 Å². The summed E-state index contributed by atoms with van der Waals surface area (Å²) in [5, 5.41) is 0. The summed E-state index contributed by atoms with van der Waals surface area (Å²) < 4.78 is 11.1. The number of amides is 1. The molecule has 0 spiro atoms. The number of fused-ring (bicyclic) bond motifs is 1. The number of rotatable bonds is 3. The van der Waals surface area contributed by atoms with Crippen LogP contribution in [0.2, 0.25) is 0 Å². The Hall–Kier alpha value is -1.59. The fraction of sp³-hybridized carbons (Fsp3) is 0.611. The van der Waals surface area contributed by atoms with Crippen molar-refractivity contribution in [3.05, 3.63) is 29.3 Å². The molecule has 0 N–H and O–H groups in total. The van der Waals surface area contributed by atoms with Crippen LogP contribution in [-0.2, 0) is 16.1 Å². The molecule has 3 rings (SSSR count). The molecule has 1 aromatic carbocycles. The topological polar surface area (TPSA) is 42.0 Å². The summed E-state index contributed by atoms with van der Waals surface area (Å²) in [4.78, 5) is 16.4. The van der Waals surface area contributed by atoms with Gasteiger partial charge in [0.25, 0.3) is 0 Å². The van der Waals surface area contributed by atoms with E-state index in [-0.39, 0.29) is 18.6 Å². The predicted octanol–water partition coefficient (Wildman–Crippen LogP) is 1.68. The van der Waals surface area contributed by atoms with Crippen LogP contribution in [0.25, 0.3) is 0 Å². The van der Waals surface area contributed by atoms with Crippen molar-refractivity contribution >= 4 is 5.91 Å². The van der Waals surface area contributed by atoms with Crippen LogP contribution >= 0.6 is 0 Å². The molecule has 2 atom stereocenters. The van der Waals surface area contributed by atoms with Crippen molar-refractivity contribution in [1.82, 2.24) is 9.80 Å². The summed E-state index contributed by atoms with van der Waals surface area (Å²) in [6.07, 6.45) is 1.07. The first-order valence-electron chi connectivity index (χ1n) is 8.28. The molecular weight excluding hydrogens is 292 g/mol. The fourth-order valence-electron chi connectivity index (χ4n) is 3.78. The van der Waals surface area contributed by atoms with Crippen molar-refractivity contribution in [3.63, 3.8) is 0 Å². The Bertz CT molecular complexity index is 575. The van der Waals surface area contributed by atoms with Gasteiger partial charge in [0.2, 0.25) is 5.91 Å². The molecule has 2 aliphatic heterocycles. The lowest BCUT2D eigenvalue weighted by Crippen LogP contribution is -2.52. The minimum absolute atomic E-state index is 0.0903. The zero-order valence-corrected chi connectivity index (χ0v) is 14.2. The Morgan fingerprint density at radius 2 is 2.22 bits per heavy atom. The first-order valence-corrected chi connectivity index (χ1v) is 8.28. The molecule has 1 aromatic rings. The summed E-state index contributed by atoms with van der Waals surface area (Å²) in [5.74, 6) is 1.51. The van der Waals surface area contributed by atoms with Crippen LogP contribution < -0.4 is 4.74 Å². The Kier molecular flexibility index (Phi) is 4.87. The van der Waals surface area contributed by atoms with Gasteiger partial charge in [-0.15, -0.1) is 0 Å². The van der Waals surface area contributed by atoms with E-state index in [1.807, 2.05) is 11.9 Å². The fourth-order valence-corrected chi connectivity index (χ4v) is 3.78. The standard InChI is InChI=1S/C18H26N2O3/c1-13-5-4-6-14(18(13)22-3)9-20-8-7-15-11-23-12-17(21)19(2)16(15)10-20/h4-6,15-16H,7-12H2,1-3H3/t15-,16-/m0/s1. The monoisotopic (exact) mass is 318 g/mol. The number of benzene rings is 1. The Morgan fingerprint density at radius 1 is 1.39 bits per heavy atom. The van der Waals surface area contributed by atoms with E-state index in [9.17, 15) is 4.79 Å². The third-order valence-electron chi connectivity index (χ3n) is 5.15. The van der Waals surface area contributed by atoms with Gasteiger partial charge >= 0.3 is 0 Å². The maximum absolute atomic E-state index is 12.0. The molecule has 2 saturated heterocycles. The van der Waals surface area contributed by atoms with Crippen molar-refractivity contribution in [2.45, 2.75) is 25.9 Å². The van der Waals surface area contributed by atoms with Gasteiger partial charge < -0.3 is 14.4 Å². The van der Waals surface area contributed by atoms with E-state index in [1.54, 1.807) is 7.11 Å². The van der Waals surface area contributed by atoms with E-state index in [0.29, 0.717) is 12.5 Å². The highest BCUT2D eigenvalue weighted by molar-refractivity contribution is 5.77. The molecule has 0 saturated carbocycles. The zero-order chi connectivity index (χ0) is 16.4. The molecule has 0 radical (unpaired) electrons. The number of likely N-dealkylation sites (tertiary alicyclic amines) is 1. The molecule has 126 valence electrons. The second-order valence-corrected chi connectivity index (χ2v) is 6.64. The average molecular weight is 318 g/mol. The lowest BCUT2D eigenvalue weighted by Gasteiger charge is -2.41. The van der Waals surface area contributed by atoms with Crippen LogP contribution in [-0.4, -0.2) is 62.2 Å². The highest BCUT2D eigenvalue weighted by atomic mass is 16.5. The third-order valence-corrected chi connectivity index (χ3v) is 5.15. The van der Waals surface area contributed by atoms with Crippen LogP contribution in [0, 0.1) is 12.8 Å². The molecule has 2 fully saturated rings. The average Bonchev–Trinajstić information content (AvgIpc) is 2.68. The predicted molar refractivity (Wildman–Crippen MR) is 88.5 cm³/mol. The van der Waals surface area contributed by atoms with Crippen LogP contribution in [0.1, 0.15) is 17.5 Å². The minimum atomic E-state index is 0.0903. The van der Waals surface area contributed by atoms with Gasteiger partial charge in [-0.05, 0) is 25.5 Å². The van der Waals surface area contributed by atoms with E-state index < -0.39 is 0 Å². The molecule has 0 unspecified atom stereocenters. The van der Waals surface area contributed by atoms with Crippen molar-refractivity contribution < 1.29 is 14.3 Å². The van der Waals surface area contributed by atoms with E-state index >= 15 is 0 Å². The van der Waals surface area contributed by atoms with Crippen LogP contribution in [0.5, 0.6) is 5.75 Å². The van der Waals surface area contributed by atoms with Gasteiger partial charge in [0.05, 0.1) is 13.7 Å². The Morgan fingerprint density at radius 3 is 3.00 bits per heavy atom. The van der Waals surface area contributed by atoms with Crippen molar-refractivity contribution in [2.24, 2.45) is 5.92 Å². The van der Waals surface area contributed by atoms with Gasteiger partial charge in [0, 0.05) is 37.7 Å². The second kappa shape index (κ2) is 6.89. The first kappa shape index (κ1) is 16.3. The third kappa shape index (κ3) is 3.35. The van der Waals surface area contributed by atoms with E-state index in [2.05, 4.69) is 30.0 Å². The number of aryl methyl sites for hydroxylation is 1.